The van der Waals surface area contributed by atoms with E-state index in [4.69, 9.17) is 0 Å². The smallest absolute Gasteiger partial charge is 0.326 e. The third-order valence-electron chi connectivity index (χ3n) is 4.88. The van der Waals surface area contributed by atoms with Gasteiger partial charge in [-0.15, -0.1) is 0 Å². The van der Waals surface area contributed by atoms with Crippen molar-refractivity contribution in [2.45, 2.75) is 69.3 Å². The predicted octanol–water partition coefficient (Wildman–Crippen LogP) is 1.33. The summed E-state index contributed by atoms with van der Waals surface area (Å²) in [5, 5.41) is 18.1. The van der Waals surface area contributed by atoms with Crippen LogP contribution in [-0.4, -0.2) is 52.1 Å². The Balaban J connectivity index is 1.66. The fraction of sp³-hybridized carbons (Fsp3) is 0.812. The number of nitrogens with one attached hydrogen (secondary N) is 3. The van der Waals surface area contributed by atoms with E-state index in [1.807, 2.05) is 25.6 Å². The van der Waals surface area contributed by atoms with Crippen LogP contribution in [0.5, 0.6) is 0 Å². The van der Waals surface area contributed by atoms with Crippen LogP contribution in [0.2, 0.25) is 0 Å². The Morgan fingerprint density at radius 2 is 2.12 bits per heavy atom. The number of carboxylic acid groups (broad SMARTS) is 1. The van der Waals surface area contributed by atoms with Gasteiger partial charge in [-0.3, -0.25) is 4.79 Å². The SMILES string of the molecule is CC[C@H](C)[C@H](NC(=O)CCCCC1SCC2NC(=O)NC21)C(=O)O. The number of fused-ring (bicyclic) bond motifs is 1. The number of hydrogen-bond acceptors (Lipinski definition) is 4. The van der Waals surface area contributed by atoms with Crippen LogP contribution in [0, 0.1) is 5.92 Å². The number of carbonyl (C=O) groups excluding carboxylic acids is 2. The third-order valence-corrected chi connectivity index (χ3v) is 6.38. The summed E-state index contributed by atoms with van der Waals surface area (Å²) in [5.74, 6) is -0.327. The molecule has 0 aromatic carbocycles. The Morgan fingerprint density at radius 1 is 1.38 bits per heavy atom. The molecule has 3 unspecified atom stereocenters. The van der Waals surface area contributed by atoms with E-state index in [-0.39, 0.29) is 29.9 Å². The number of thioether (sulfide) groups is 1. The van der Waals surface area contributed by atoms with Crippen LogP contribution in [0.25, 0.3) is 0 Å². The maximum atomic E-state index is 12.0. The largest absolute Gasteiger partial charge is 0.480 e. The molecule has 5 atom stereocenters. The Labute approximate surface area is 146 Å². The van der Waals surface area contributed by atoms with Crippen LogP contribution in [0.4, 0.5) is 4.79 Å². The van der Waals surface area contributed by atoms with Crippen molar-refractivity contribution in [3.8, 4) is 0 Å². The molecule has 0 spiro atoms. The van der Waals surface area contributed by atoms with E-state index >= 15 is 0 Å². The van der Waals surface area contributed by atoms with Gasteiger partial charge in [0.25, 0.3) is 0 Å². The van der Waals surface area contributed by atoms with Gasteiger partial charge in [-0.1, -0.05) is 26.7 Å². The Hall–Kier alpha value is -1.44. The van der Waals surface area contributed by atoms with Crippen LogP contribution in [0.1, 0.15) is 46.0 Å². The van der Waals surface area contributed by atoms with Gasteiger partial charge in [0, 0.05) is 17.4 Å². The van der Waals surface area contributed by atoms with Crippen molar-refractivity contribution in [1.29, 1.82) is 0 Å². The van der Waals surface area contributed by atoms with Gasteiger partial charge in [0.1, 0.15) is 6.04 Å². The maximum absolute atomic E-state index is 12.0. The molecule has 0 aromatic heterocycles. The number of unbranched alkanes of at least 4 members (excludes halogenated alkanes) is 1. The Kier molecular flexibility index (Phi) is 6.77. The number of carbonyl (C=O) groups is 3. The van der Waals surface area contributed by atoms with Crippen molar-refractivity contribution < 1.29 is 19.5 Å². The second-order valence-electron chi connectivity index (χ2n) is 6.64. The summed E-state index contributed by atoms with van der Waals surface area (Å²) < 4.78 is 0. The highest BCUT2D eigenvalue weighted by atomic mass is 32.2. The van der Waals surface area contributed by atoms with Gasteiger partial charge in [0.15, 0.2) is 0 Å². The van der Waals surface area contributed by atoms with Gasteiger partial charge >= 0.3 is 12.0 Å². The lowest BCUT2D eigenvalue weighted by Gasteiger charge is -2.20. The number of hydrogen-bond donors (Lipinski definition) is 4. The van der Waals surface area contributed by atoms with Crippen molar-refractivity contribution >= 4 is 29.7 Å². The minimum Gasteiger partial charge on any atom is -0.480 e. The van der Waals surface area contributed by atoms with Crippen LogP contribution >= 0.6 is 11.8 Å². The van der Waals surface area contributed by atoms with Crippen LogP contribution in [0.15, 0.2) is 0 Å². The molecule has 0 aromatic rings. The molecule has 7 nitrogen and oxygen atoms in total. The topological polar surface area (TPSA) is 108 Å². The van der Waals surface area contributed by atoms with E-state index in [2.05, 4.69) is 16.0 Å². The van der Waals surface area contributed by atoms with E-state index in [9.17, 15) is 19.5 Å². The molecular weight excluding hydrogens is 330 g/mol. The minimum atomic E-state index is -0.976. The highest BCUT2D eigenvalue weighted by molar-refractivity contribution is 8.00. The lowest BCUT2D eigenvalue weighted by molar-refractivity contribution is -0.143. The van der Waals surface area contributed by atoms with Gasteiger partial charge in [-0.05, 0) is 18.8 Å². The summed E-state index contributed by atoms with van der Waals surface area (Å²) >= 11 is 1.86. The van der Waals surface area contributed by atoms with Gasteiger partial charge < -0.3 is 21.1 Å². The molecule has 3 amide bonds. The third kappa shape index (κ3) is 4.78. The second-order valence-corrected chi connectivity index (χ2v) is 7.91. The molecule has 2 rings (SSSR count). The predicted molar refractivity (Wildman–Crippen MR) is 93.0 cm³/mol. The van der Waals surface area contributed by atoms with Crippen LogP contribution in [-0.2, 0) is 9.59 Å². The summed E-state index contributed by atoms with van der Waals surface area (Å²) in [4.78, 5) is 34.5. The lowest BCUT2D eigenvalue weighted by Crippen LogP contribution is -2.44. The highest BCUT2D eigenvalue weighted by Gasteiger charge is 2.42. The van der Waals surface area contributed by atoms with Crippen LogP contribution < -0.4 is 16.0 Å². The molecule has 0 radical (unpaired) electrons. The number of carboxylic acids is 1. The van der Waals surface area contributed by atoms with Crippen molar-refractivity contribution in [2.75, 3.05) is 5.75 Å². The molecular formula is C16H27N3O4S. The molecule has 136 valence electrons. The van der Waals surface area contributed by atoms with E-state index in [1.165, 1.54) is 0 Å². The van der Waals surface area contributed by atoms with Gasteiger partial charge in [-0.2, -0.15) is 11.8 Å². The minimum absolute atomic E-state index is 0.0839. The first kappa shape index (κ1) is 18.9. The number of rotatable bonds is 9. The van der Waals surface area contributed by atoms with Gasteiger partial charge in [0.2, 0.25) is 5.91 Å². The zero-order valence-electron chi connectivity index (χ0n) is 14.2. The molecule has 2 saturated heterocycles. The fourth-order valence-corrected chi connectivity index (χ4v) is 4.75. The Morgan fingerprint density at radius 3 is 2.79 bits per heavy atom. The second kappa shape index (κ2) is 8.60. The number of urea groups is 1. The molecule has 2 aliphatic heterocycles. The standard InChI is InChI=1S/C16H27N3O4S/c1-3-9(2)13(15(21)22)18-12(20)7-5-4-6-11-14-10(8-24-11)17-16(23)19-14/h9-11,13-14H,3-8H2,1-2H3,(H,18,20)(H,21,22)(H2,17,19,23)/t9-,10?,11?,13-,14?/m0/s1. The van der Waals surface area contributed by atoms with E-state index in [0.717, 1.165) is 25.0 Å². The average Bonchev–Trinajstić information content (AvgIpc) is 3.07. The normalized spacial score (nSPS) is 27.8. The van der Waals surface area contributed by atoms with E-state index < -0.39 is 12.0 Å². The summed E-state index contributed by atoms with van der Waals surface area (Å²) in [6.45, 7) is 3.74. The zero-order valence-corrected chi connectivity index (χ0v) is 15.0. The molecule has 2 aliphatic rings. The highest BCUT2D eigenvalue weighted by Crippen LogP contribution is 2.33. The first-order valence-electron chi connectivity index (χ1n) is 8.63. The summed E-state index contributed by atoms with van der Waals surface area (Å²) in [6.07, 6.45) is 3.63. The molecule has 0 bridgehead atoms. The molecule has 0 saturated carbocycles. The van der Waals surface area contributed by atoms with Crippen molar-refractivity contribution in [3.05, 3.63) is 0 Å². The van der Waals surface area contributed by atoms with Crippen molar-refractivity contribution in [3.63, 3.8) is 0 Å². The monoisotopic (exact) mass is 357 g/mol. The molecule has 4 N–H and O–H groups in total. The first-order chi connectivity index (χ1) is 11.4. The molecule has 2 fully saturated rings. The van der Waals surface area contributed by atoms with E-state index in [1.54, 1.807) is 0 Å². The number of amides is 3. The van der Waals surface area contributed by atoms with Crippen molar-refractivity contribution in [1.82, 2.24) is 16.0 Å². The fourth-order valence-electron chi connectivity index (χ4n) is 3.20. The number of aliphatic carboxylic acids is 1. The first-order valence-corrected chi connectivity index (χ1v) is 9.68. The molecule has 8 heteroatoms. The summed E-state index contributed by atoms with van der Waals surface area (Å²) in [5.41, 5.74) is 0. The maximum Gasteiger partial charge on any atom is 0.326 e. The van der Waals surface area contributed by atoms with Gasteiger partial charge in [0.05, 0.1) is 12.1 Å². The van der Waals surface area contributed by atoms with Crippen molar-refractivity contribution in [2.24, 2.45) is 5.92 Å². The molecule has 2 heterocycles. The average molecular weight is 357 g/mol. The molecule has 0 aliphatic carbocycles. The molecule has 24 heavy (non-hydrogen) atoms. The zero-order chi connectivity index (χ0) is 17.7. The Bertz CT molecular complexity index is 488. The van der Waals surface area contributed by atoms with E-state index in [0.29, 0.717) is 18.1 Å². The van der Waals surface area contributed by atoms with Crippen LogP contribution in [0.3, 0.4) is 0 Å². The quantitative estimate of drug-likeness (QED) is 0.368. The van der Waals surface area contributed by atoms with Gasteiger partial charge in [-0.25, -0.2) is 9.59 Å². The summed E-state index contributed by atoms with van der Waals surface area (Å²) in [6, 6.07) is -0.478. The summed E-state index contributed by atoms with van der Waals surface area (Å²) in [7, 11) is 0. The lowest BCUT2D eigenvalue weighted by atomic mass is 9.99.